The van der Waals surface area contributed by atoms with Crippen molar-refractivity contribution in [3.63, 3.8) is 0 Å². The van der Waals surface area contributed by atoms with Crippen LogP contribution >= 0.6 is 0 Å². The summed E-state index contributed by atoms with van der Waals surface area (Å²) < 4.78 is 4.85. The van der Waals surface area contributed by atoms with Gasteiger partial charge in [0.2, 0.25) is 0 Å². The number of unbranched alkanes of at least 4 members (excludes halogenated alkanes) is 3. The first-order chi connectivity index (χ1) is 6.31. The molecule has 78 valence electrons. The van der Waals surface area contributed by atoms with Crippen molar-refractivity contribution in [2.24, 2.45) is 5.84 Å². The number of carbonyl (C=O) groups is 1. The lowest BCUT2D eigenvalue weighted by molar-refractivity contribution is 0.143. The number of hydrazine groups is 1. The van der Waals surface area contributed by atoms with Gasteiger partial charge in [-0.3, -0.25) is 5.84 Å². The molecule has 4 N–H and O–H groups in total. The smallest absolute Gasteiger partial charge is 0.408 e. The van der Waals surface area contributed by atoms with Crippen molar-refractivity contribution in [1.82, 2.24) is 10.7 Å². The van der Waals surface area contributed by atoms with Crippen LogP contribution < -0.4 is 16.6 Å². The number of hydrogen-bond acceptors (Lipinski definition) is 4. The van der Waals surface area contributed by atoms with Crippen LogP contribution in [0, 0.1) is 0 Å². The van der Waals surface area contributed by atoms with Crippen LogP contribution in [0.15, 0.2) is 0 Å². The van der Waals surface area contributed by atoms with Gasteiger partial charge in [0, 0.05) is 0 Å². The Bertz CT molecular complexity index is 131. The van der Waals surface area contributed by atoms with Gasteiger partial charge in [-0.25, -0.2) is 10.2 Å². The Kier molecular flexibility index (Phi) is 8.70. The quantitative estimate of drug-likeness (QED) is 0.239. The molecule has 0 aliphatic carbocycles. The average molecular weight is 189 g/mol. The normalized spacial score (nSPS) is 9.69. The van der Waals surface area contributed by atoms with Crippen molar-refractivity contribution in [2.75, 3.05) is 13.3 Å². The van der Waals surface area contributed by atoms with Gasteiger partial charge in [-0.2, -0.15) is 0 Å². The second-order valence-corrected chi connectivity index (χ2v) is 2.75. The highest BCUT2D eigenvalue weighted by molar-refractivity contribution is 5.66. The van der Waals surface area contributed by atoms with E-state index in [0.717, 1.165) is 12.8 Å². The van der Waals surface area contributed by atoms with Crippen molar-refractivity contribution >= 4 is 6.09 Å². The van der Waals surface area contributed by atoms with Gasteiger partial charge >= 0.3 is 6.09 Å². The molecule has 0 aliphatic heterocycles. The first kappa shape index (κ1) is 12.2. The minimum absolute atomic E-state index is 0.230. The van der Waals surface area contributed by atoms with E-state index in [9.17, 15) is 4.79 Å². The van der Waals surface area contributed by atoms with Crippen LogP contribution in [-0.4, -0.2) is 19.4 Å². The molecule has 0 spiro atoms. The van der Waals surface area contributed by atoms with E-state index in [0.29, 0.717) is 6.61 Å². The largest absolute Gasteiger partial charge is 0.450 e. The third-order valence-electron chi connectivity index (χ3n) is 1.57. The summed E-state index contributed by atoms with van der Waals surface area (Å²) in [6.45, 7) is 2.85. The summed E-state index contributed by atoms with van der Waals surface area (Å²) in [6.07, 6.45) is 3.99. The Labute approximate surface area is 79.0 Å². The number of nitrogens with one attached hydrogen (secondary N) is 2. The fourth-order valence-corrected chi connectivity index (χ4v) is 0.868. The maximum Gasteiger partial charge on any atom is 0.408 e. The van der Waals surface area contributed by atoms with Crippen LogP contribution in [0.1, 0.15) is 32.6 Å². The second kappa shape index (κ2) is 9.28. The highest BCUT2D eigenvalue weighted by Gasteiger charge is 1.98. The van der Waals surface area contributed by atoms with Crippen LogP contribution in [-0.2, 0) is 4.74 Å². The lowest BCUT2D eigenvalue weighted by atomic mass is 10.2. The SMILES string of the molecule is CCCCCCOC(=O)NCNN. The van der Waals surface area contributed by atoms with Crippen molar-refractivity contribution in [1.29, 1.82) is 0 Å². The zero-order valence-corrected chi connectivity index (χ0v) is 8.14. The van der Waals surface area contributed by atoms with Gasteiger partial charge in [0.05, 0.1) is 13.3 Å². The van der Waals surface area contributed by atoms with Gasteiger partial charge in [-0.1, -0.05) is 26.2 Å². The maximum absolute atomic E-state index is 10.8. The Hall–Kier alpha value is -0.810. The minimum Gasteiger partial charge on any atom is -0.450 e. The van der Waals surface area contributed by atoms with Gasteiger partial charge in [-0.15, -0.1) is 0 Å². The van der Waals surface area contributed by atoms with Crippen LogP contribution in [0.4, 0.5) is 4.79 Å². The summed E-state index contributed by atoms with van der Waals surface area (Å²) in [5.74, 6) is 4.95. The summed E-state index contributed by atoms with van der Waals surface area (Å²) >= 11 is 0. The van der Waals surface area contributed by atoms with Gasteiger partial charge in [0.15, 0.2) is 0 Å². The first-order valence-corrected chi connectivity index (χ1v) is 4.65. The summed E-state index contributed by atoms with van der Waals surface area (Å²) in [6, 6.07) is 0. The summed E-state index contributed by atoms with van der Waals surface area (Å²) in [7, 11) is 0. The average Bonchev–Trinajstić information content (AvgIpc) is 2.14. The molecule has 0 fully saturated rings. The molecule has 0 aromatic heterocycles. The van der Waals surface area contributed by atoms with Crippen LogP contribution in [0.2, 0.25) is 0 Å². The lowest BCUT2D eigenvalue weighted by Gasteiger charge is -2.05. The van der Waals surface area contributed by atoms with Crippen molar-refractivity contribution < 1.29 is 9.53 Å². The Morgan fingerprint density at radius 2 is 2.15 bits per heavy atom. The van der Waals surface area contributed by atoms with Crippen molar-refractivity contribution in [3.05, 3.63) is 0 Å². The molecule has 0 aliphatic rings. The molecule has 0 atom stereocenters. The predicted molar refractivity (Wildman–Crippen MR) is 50.8 cm³/mol. The molecule has 5 nitrogen and oxygen atoms in total. The van der Waals surface area contributed by atoms with E-state index in [1.54, 1.807) is 0 Å². The molecule has 1 amide bonds. The van der Waals surface area contributed by atoms with E-state index in [4.69, 9.17) is 10.6 Å². The monoisotopic (exact) mass is 189 g/mol. The molecule has 0 radical (unpaired) electrons. The Morgan fingerprint density at radius 1 is 1.38 bits per heavy atom. The molecule has 0 rings (SSSR count). The van der Waals surface area contributed by atoms with Gasteiger partial charge in [0.1, 0.15) is 0 Å². The third kappa shape index (κ3) is 9.10. The van der Waals surface area contributed by atoms with Gasteiger partial charge in [-0.05, 0) is 6.42 Å². The molecular weight excluding hydrogens is 170 g/mol. The van der Waals surface area contributed by atoms with E-state index in [1.165, 1.54) is 12.8 Å². The number of nitrogens with two attached hydrogens (primary N) is 1. The number of ether oxygens (including phenoxy) is 1. The number of hydrogen-bond donors (Lipinski definition) is 3. The number of amides is 1. The van der Waals surface area contributed by atoms with Crippen molar-refractivity contribution in [2.45, 2.75) is 32.6 Å². The zero-order chi connectivity index (χ0) is 9.94. The summed E-state index contributed by atoms with van der Waals surface area (Å²) in [5, 5.41) is 2.43. The van der Waals surface area contributed by atoms with Crippen LogP contribution in [0.25, 0.3) is 0 Å². The van der Waals surface area contributed by atoms with Crippen LogP contribution in [0.5, 0.6) is 0 Å². The minimum atomic E-state index is -0.422. The van der Waals surface area contributed by atoms with E-state index < -0.39 is 6.09 Å². The molecular formula is C8H19N3O2. The van der Waals surface area contributed by atoms with Crippen LogP contribution in [0.3, 0.4) is 0 Å². The van der Waals surface area contributed by atoms with E-state index in [1.807, 2.05) is 0 Å². The molecule has 0 aromatic rings. The fraction of sp³-hybridized carbons (Fsp3) is 0.875. The van der Waals surface area contributed by atoms with Crippen molar-refractivity contribution in [3.8, 4) is 0 Å². The predicted octanol–water partition coefficient (Wildman–Crippen LogP) is 0.714. The molecule has 13 heavy (non-hydrogen) atoms. The van der Waals surface area contributed by atoms with E-state index in [-0.39, 0.29) is 6.67 Å². The Morgan fingerprint density at radius 3 is 2.77 bits per heavy atom. The van der Waals surface area contributed by atoms with E-state index >= 15 is 0 Å². The lowest BCUT2D eigenvalue weighted by Crippen LogP contribution is -2.37. The second-order valence-electron chi connectivity index (χ2n) is 2.75. The van der Waals surface area contributed by atoms with E-state index in [2.05, 4.69) is 17.7 Å². The standard InChI is InChI=1S/C8H19N3O2/c1-2-3-4-5-6-13-8(12)10-7-11-9/h11H,2-7,9H2,1H3,(H,10,12). The molecule has 0 saturated carbocycles. The number of alkyl carbamates (subject to hydrolysis) is 1. The summed E-state index contributed by atoms with van der Waals surface area (Å²) in [4.78, 5) is 10.8. The molecule has 0 heterocycles. The Balaban J connectivity index is 3.08. The highest BCUT2D eigenvalue weighted by Crippen LogP contribution is 1.98. The number of carbonyl (C=O) groups excluding carboxylic acids is 1. The molecule has 0 bridgehead atoms. The molecule has 0 unspecified atom stereocenters. The highest BCUT2D eigenvalue weighted by atomic mass is 16.5. The molecule has 0 saturated heterocycles. The number of rotatable bonds is 7. The third-order valence-corrected chi connectivity index (χ3v) is 1.57. The zero-order valence-electron chi connectivity index (χ0n) is 8.14. The van der Waals surface area contributed by atoms with Gasteiger partial charge in [0.25, 0.3) is 0 Å². The van der Waals surface area contributed by atoms with Gasteiger partial charge < -0.3 is 10.1 Å². The first-order valence-electron chi connectivity index (χ1n) is 4.65. The maximum atomic E-state index is 10.8. The summed E-state index contributed by atoms with van der Waals surface area (Å²) in [5.41, 5.74) is 2.30. The molecule has 0 aromatic carbocycles. The molecule has 5 heteroatoms. The topological polar surface area (TPSA) is 76.4 Å². The fourth-order valence-electron chi connectivity index (χ4n) is 0.868.